The molecule has 2 heterocycles. The van der Waals surface area contributed by atoms with E-state index in [-0.39, 0.29) is 5.75 Å². The van der Waals surface area contributed by atoms with E-state index in [1.165, 1.54) is 16.8 Å². The van der Waals surface area contributed by atoms with Crippen LogP contribution in [0.4, 0.5) is 24.7 Å². The zero-order valence-electron chi connectivity index (χ0n) is 13.6. The summed E-state index contributed by atoms with van der Waals surface area (Å²) in [6.45, 7) is 0. The number of ether oxygens (including phenoxy) is 1. The average Bonchev–Trinajstić information content (AvgIpc) is 3.09. The summed E-state index contributed by atoms with van der Waals surface area (Å²) in [7, 11) is 0. The first-order valence-corrected chi connectivity index (χ1v) is 7.75. The van der Waals surface area contributed by atoms with Crippen LogP contribution in [-0.2, 0) is 6.18 Å². The fourth-order valence-electron chi connectivity index (χ4n) is 2.37. The molecule has 0 aliphatic heterocycles. The number of nitrogens with one attached hydrogen (secondary N) is 1. The smallest absolute Gasteiger partial charge is 0.416 e. The Hall–Kier alpha value is -3.69. The first-order valence-electron chi connectivity index (χ1n) is 7.75. The van der Waals surface area contributed by atoms with E-state index < -0.39 is 11.7 Å². The van der Waals surface area contributed by atoms with Crippen molar-refractivity contribution < 1.29 is 17.9 Å². The number of hydrogen-bond acceptors (Lipinski definition) is 6. The Morgan fingerprint density at radius 1 is 0.926 bits per heavy atom. The van der Waals surface area contributed by atoms with Gasteiger partial charge in [0.25, 0.3) is 0 Å². The summed E-state index contributed by atoms with van der Waals surface area (Å²) in [4.78, 5) is 0. The maximum Gasteiger partial charge on any atom is 0.416 e. The Labute approximate surface area is 150 Å². The number of benzene rings is 2. The monoisotopic (exact) mass is 372 g/mol. The molecule has 0 unspecified atom stereocenters. The highest BCUT2D eigenvalue weighted by Crippen LogP contribution is 2.33. The molecule has 4 rings (SSSR count). The van der Waals surface area contributed by atoms with Crippen molar-refractivity contribution in [2.45, 2.75) is 6.18 Å². The highest BCUT2D eigenvalue weighted by molar-refractivity contribution is 5.59. The fraction of sp³-hybridized carbons (Fsp3) is 0.0588. The molecule has 4 aromatic rings. The molecule has 7 nitrogen and oxygen atoms in total. The van der Waals surface area contributed by atoms with Gasteiger partial charge in [0.2, 0.25) is 0 Å². The number of fused-ring (bicyclic) bond motifs is 1. The third-order valence-electron chi connectivity index (χ3n) is 3.57. The summed E-state index contributed by atoms with van der Waals surface area (Å²) in [5.41, 5.74) is 0.370. The molecule has 10 heteroatoms. The Bertz CT molecular complexity index is 1100. The number of alkyl halides is 3. The normalized spacial score (nSPS) is 11.5. The highest BCUT2D eigenvalue weighted by atomic mass is 19.4. The molecule has 0 aliphatic carbocycles. The number of nitrogens with zero attached hydrogens (tertiary/aromatic N) is 5. The van der Waals surface area contributed by atoms with E-state index in [9.17, 15) is 13.2 Å². The van der Waals surface area contributed by atoms with Crippen molar-refractivity contribution in [3.8, 4) is 11.5 Å². The molecule has 0 aliphatic rings. The lowest BCUT2D eigenvalue weighted by Gasteiger charge is -2.11. The van der Waals surface area contributed by atoms with Gasteiger partial charge in [-0.25, -0.2) is 0 Å². The van der Waals surface area contributed by atoms with Crippen LogP contribution in [0.3, 0.4) is 0 Å². The van der Waals surface area contributed by atoms with Gasteiger partial charge in [0.15, 0.2) is 11.5 Å². The number of anilines is 2. The van der Waals surface area contributed by atoms with Gasteiger partial charge in [0, 0.05) is 11.8 Å². The molecule has 0 spiro atoms. The van der Waals surface area contributed by atoms with Crippen LogP contribution < -0.4 is 10.1 Å². The lowest BCUT2D eigenvalue weighted by Crippen LogP contribution is -2.04. The van der Waals surface area contributed by atoms with Crippen molar-refractivity contribution in [3.63, 3.8) is 0 Å². The van der Waals surface area contributed by atoms with Gasteiger partial charge in [0.05, 0.1) is 5.56 Å². The van der Waals surface area contributed by atoms with Gasteiger partial charge in [0.1, 0.15) is 11.5 Å². The lowest BCUT2D eigenvalue weighted by molar-refractivity contribution is -0.137. The first kappa shape index (κ1) is 16.8. The second-order valence-corrected chi connectivity index (χ2v) is 5.53. The molecule has 27 heavy (non-hydrogen) atoms. The van der Waals surface area contributed by atoms with Crippen molar-refractivity contribution in [1.82, 2.24) is 25.3 Å². The summed E-state index contributed by atoms with van der Waals surface area (Å²) in [5.74, 6) is 0.962. The van der Waals surface area contributed by atoms with Crippen molar-refractivity contribution in [2.75, 3.05) is 5.32 Å². The van der Waals surface area contributed by atoms with E-state index in [0.717, 1.165) is 12.1 Å². The Morgan fingerprint density at radius 2 is 1.70 bits per heavy atom. The quantitative estimate of drug-likeness (QED) is 0.582. The van der Waals surface area contributed by atoms with Crippen LogP contribution in [0.25, 0.3) is 5.65 Å². The summed E-state index contributed by atoms with van der Waals surface area (Å²) >= 11 is 0. The third-order valence-corrected chi connectivity index (χ3v) is 3.57. The predicted molar refractivity (Wildman–Crippen MR) is 89.8 cm³/mol. The zero-order valence-corrected chi connectivity index (χ0v) is 13.6. The van der Waals surface area contributed by atoms with Gasteiger partial charge in [-0.3, -0.25) is 0 Å². The van der Waals surface area contributed by atoms with Gasteiger partial charge < -0.3 is 10.1 Å². The summed E-state index contributed by atoms with van der Waals surface area (Å²) in [6.07, 6.45) is -4.43. The van der Waals surface area contributed by atoms with Gasteiger partial charge in [-0.1, -0.05) is 12.1 Å². The minimum Gasteiger partial charge on any atom is -0.457 e. The molecule has 2 aromatic heterocycles. The largest absolute Gasteiger partial charge is 0.457 e. The number of tetrazole rings is 1. The van der Waals surface area contributed by atoms with Crippen molar-refractivity contribution in [3.05, 3.63) is 66.2 Å². The second kappa shape index (κ2) is 6.56. The molecule has 0 bridgehead atoms. The van der Waals surface area contributed by atoms with E-state index >= 15 is 0 Å². The molecule has 136 valence electrons. The topological polar surface area (TPSA) is 77.2 Å². The molecule has 0 fully saturated rings. The zero-order chi connectivity index (χ0) is 18.9. The lowest BCUT2D eigenvalue weighted by atomic mass is 10.2. The van der Waals surface area contributed by atoms with Crippen molar-refractivity contribution >= 4 is 17.2 Å². The molecule has 0 radical (unpaired) electrons. The molecule has 0 atom stereocenters. The van der Waals surface area contributed by atoms with Crippen LogP contribution in [0, 0.1) is 0 Å². The molecule has 2 aromatic carbocycles. The molecular weight excluding hydrogens is 361 g/mol. The predicted octanol–water partition coefficient (Wildman–Crippen LogP) is 4.07. The van der Waals surface area contributed by atoms with E-state index in [2.05, 4.69) is 25.9 Å². The van der Waals surface area contributed by atoms with Crippen LogP contribution in [0.15, 0.2) is 60.7 Å². The number of rotatable bonds is 4. The van der Waals surface area contributed by atoms with Crippen molar-refractivity contribution in [2.24, 2.45) is 0 Å². The Kier molecular flexibility index (Phi) is 4.07. The summed E-state index contributed by atoms with van der Waals surface area (Å²) in [5, 5.41) is 18.2. The van der Waals surface area contributed by atoms with Crippen LogP contribution >= 0.6 is 0 Å². The minimum absolute atomic E-state index is 0.0928. The van der Waals surface area contributed by atoms with Gasteiger partial charge in [-0.2, -0.15) is 13.2 Å². The van der Waals surface area contributed by atoms with Gasteiger partial charge in [-0.05, 0) is 52.9 Å². The molecule has 0 amide bonds. The fourth-order valence-corrected chi connectivity index (χ4v) is 2.37. The van der Waals surface area contributed by atoms with E-state index in [1.807, 2.05) is 0 Å². The Morgan fingerprint density at radius 3 is 2.52 bits per heavy atom. The van der Waals surface area contributed by atoms with Crippen molar-refractivity contribution in [1.29, 1.82) is 0 Å². The van der Waals surface area contributed by atoms with Crippen LogP contribution in [0.1, 0.15) is 5.56 Å². The first-order chi connectivity index (χ1) is 13.0. The third kappa shape index (κ3) is 3.78. The summed E-state index contributed by atoms with van der Waals surface area (Å²) < 4.78 is 45.3. The van der Waals surface area contributed by atoms with E-state index in [1.54, 1.807) is 36.4 Å². The average molecular weight is 372 g/mol. The summed E-state index contributed by atoms with van der Waals surface area (Å²) in [6, 6.07) is 14.9. The van der Waals surface area contributed by atoms with Crippen LogP contribution in [0.2, 0.25) is 0 Å². The maximum atomic E-state index is 12.8. The van der Waals surface area contributed by atoms with E-state index in [4.69, 9.17) is 4.74 Å². The van der Waals surface area contributed by atoms with E-state index in [0.29, 0.717) is 22.9 Å². The molecular formula is C17H11F3N6O. The highest BCUT2D eigenvalue weighted by Gasteiger charge is 2.30. The molecule has 0 saturated heterocycles. The van der Waals surface area contributed by atoms with Crippen LogP contribution in [-0.4, -0.2) is 25.3 Å². The molecule has 0 saturated carbocycles. The minimum atomic E-state index is -4.43. The number of aromatic nitrogens is 5. The number of halogens is 3. The van der Waals surface area contributed by atoms with Gasteiger partial charge in [-0.15, -0.1) is 14.8 Å². The van der Waals surface area contributed by atoms with Crippen LogP contribution in [0.5, 0.6) is 11.5 Å². The van der Waals surface area contributed by atoms with Gasteiger partial charge >= 0.3 is 6.18 Å². The maximum absolute atomic E-state index is 12.8. The number of hydrogen-bond donors (Lipinski definition) is 1. The standard InChI is InChI=1S/C17H11F3N6O/c18-17(19,20)11-3-1-5-13(9-11)27-14-6-2-4-12(10-14)21-15-7-8-16-22-24-25-26(16)23-15/h1-10H,(H,21,23). The Balaban J connectivity index is 1.54. The SMILES string of the molecule is FC(F)(F)c1cccc(Oc2cccc(Nc3ccc4nnnn4n3)c2)c1. The molecule has 1 N–H and O–H groups in total. The second-order valence-electron chi connectivity index (χ2n) is 5.53.